The first-order valence-electron chi connectivity index (χ1n) is 5.82. The minimum atomic E-state index is -0.346. The molecular weight excluding hydrogens is 324 g/mol. The SMILES string of the molecule is NCCc1cc(F)ccc1Oc1cc(Cl)c(Cl)cc1Cl. The summed E-state index contributed by atoms with van der Waals surface area (Å²) in [5.41, 5.74) is 6.17. The summed E-state index contributed by atoms with van der Waals surface area (Å²) >= 11 is 17.8. The largest absolute Gasteiger partial charge is 0.455 e. The summed E-state index contributed by atoms with van der Waals surface area (Å²) in [5.74, 6) is 0.490. The number of hydrogen-bond acceptors (Lipinski definition) is 2. The van der Waals surface area contributed by atoms with Crippen molar-refractivity contribution in [3.63, 3.8) is 0 Å². The topological polar surface area (TPSA) is 35.2 Å². The Morgan fingerprint density at radius 3 is 2.35 bits per heavy atom. The summed E-state index contributed by atoms with van der Waals surface area (Å²) in [7, 11) is 0. The molecule has 0 aliphatic heterocycles. The molecule has 2 rings (SSSR count). The van der Waals surface area contributed by atoms with E-state index in [2.05, 4.69) is 0 Å². The zero-order valence-electron chi connectivity index (χ0n) is 10.3. The third-order valence-electron chi connectivity index (χ3n) is 2.63. The van der Waals surface area contributed by atoms with E-state index in [1.54, 1.807) is 0 Å². The van der Waals surface area contributed by atoms with Gasteiger partial charge in [-0.3, -0.25) is 0 Å². The molecule has 0 aliphatic rings. The smallest absolute Gasteiger partial charge is 0.147 e. The summed E-state index contributed by atoms with van der Waals surface area (Å²) in [6.45, 7) is 0.384. The Morgan fingerprint density at radius 1 is 0.950 bits per heavy atom. The number of halogens is 4. The fourth-order valence-corrected chi connectivity index (χ4v) is 2.27. The van der Waals surface area contributed by atoms with E-state index in [1.165, 1.54) is 30.3 Å². The third kappa shape index (κ3) is 3.55. The molecule has 0 saturated carbocycles. The molecule has 0 saturated heterocycles. The predicted molar refractivity (Wildman–Crippen MR) is 80.7 cm³/mol. The lowest BCUT2D eigenvalue weighted by molar-refractivity contribution is 0.474. The van der Waals surface area contributed by atoms with E-state index in [0.29, 0.717) is 45.1 Å². The van der Waals surface area contributed by atoms with Crippen LogP contribution < -0.4 is 10.5 Å². The third-order valence-corrected chi connectivity index (χ3v) is 3.65. The first-order chi connectivity index (χ1) is 9.51. The maximum Gasteiger partial charge on any atom is 0.147 e. The van der Waals surface area contributed by atoms with Crippen LogP contribution in [0.3, 0.4) is 0 Å². The van der Waals surface area contributed by atoms with Crippen LogP contribution in [0.25, 0.3) is 0 Å². The Bertz CT molecular complexity index is 634. The molecule has 0 radical (unpaired) electrons. The van der Waals surface area contributed by atoms with Crippen LogP contribution in [0.4, 0.5) is 4.39 Å². The second kappa shape index (κ2) is 6.64. The molecule has 0 spiro atoms. The summed E-state index contributed by atoms with van der Waals surface area (Å²) in [6, 6.07) is 7.22. The van der Waals surface area contributed by atoms with Gasteiger partial charge in [0.1, 0.15) is 17.3 Å². The van der Waals surface area contributed by atoms with Crippen molar-refractivity contribution in [1.29, 1.82) is 0 Å². The molecular formula is C14H11Cl3FNO. The number of ether oxygens (including phenoxy) is 1. The van der Waals surface area contributed by atoms with Gasteiger partial charge in [-0.05, 0) is 42.8 Å². The highest BCUT2D eigenvalue weighted by Gasteiger charge is 2.11. The number of nitrogens with two attached hydrogens (primary N) is 1. The van der Waals surface area contributed by atoms with Crippen molar-refractivity contribution < 1.29 is 9.13 Å². The van der Waals surface area contributed by atoms with E-state index in [0.717, 1.165) is 0 Å². The second-order valence-corrected chi connectivity index (χ2v) is 5.31. The molecule has 20 heavy (non-hydrogen) atoms. The van der Waals surface area contributed by atoms with Crippen molar-refractivity contribution in [1.82, 2.24) is 0 Å². The molecule has 2 nitrogen and oxygen atoms in total. The lowest BCUT2D eigenvalue weighted by Crippen LogP contribution is -2.04. The van der Waals surface area contributed by atoms with Gasteiger partial charge in [-0.2, -0.15) is 0 Å². The Labute approximate surface area is 131 Å². The monoisotopic (exact) mass is 333 g/mol. The first-order valence-corrected chi connectivity index (χ1v) is 6.95. The van der Waals surface area contributed by atoms with Crippen LogP contribution in [-0.4, -0.2) is 6.54 Å². The van der Waals surface area contributed by atoms with Gasteiger partial charge < -0.3 is 10.5 Å². The molecule has 0 amide bonds. The minimum Gasteiger partial charge on any atom is -0.455 e. The highest BCUT2D eigenvalue weighted by molar-refractivity contribution is 6.43. The van der Waals surface area contributed by atoms with E-state index >= 15 is 0 Å². The van der Waals surface area contributed by atoms with Gasteiger partial charge in [0.25, 0.3) is 0 Å². The molecule has 0 aromatic heterocycles. The van der Waals surface area contributed by atoms with Crippen molar-refractivity contribution >= 4 is 34.8 Å². The van der Waals surface area contributed by atoms with Gasteiger partial charge in [-0.1, -0.05) is 34.8 Å². The van der Waals surface area contributed by atoms with Gasteiger partial charge in [0.05, 0.1) is 15.1 Å². The van der Waals surface area contributed by atoms with Gasteiger partial charge in [0, 0.05) is 6.07 Å². The molecule has 106 valence electrons. The molecule has 2 aromatic carbocycles. The van der Waals surface area contributed by atoms with Crippen LogP contribution in [-0.2, 0) is 6.42 Å². The maximum atomic E-state index is 13.2. The zero-order chi connectivity index (χ0) is 14.7. The van der Waals surface area contributed by atoms with Crippen molar-refractivity contribution in [2.24, 2.45) is 5.73 Å². The van der Waals surface area contributed by atoms with E-state index in [4.69, 9.17) is 45.3 Å². The fourth-order valence-electron chi connectivity index (χ4n) is 1.70. The minimum absolute atomic E-state index is 0.322. The summed E-state index contributed by atoms with van der Waals surface area (Å²) in [6.07, 6.45) is 0.492. The second-order valence-electron chi connectivity index (χ2n) is 4.09. The predicted octanol–water partition coefficient (Wildman–Crippen LogP) is 5.08. The fraction of sp³-hybridized carbons (Fsp3) is 0.143. The molecule has 0 fully saturated rings. The zero-order valence-corrected chi connectivity index (χ0v) is 12.6. The van der Waals surface area contributed by atoms with Crippen molar-refractivity contribution in [3.8, 4) is 11.5 Å². The maximum absolute atomic E-state index is 13.2. The summed E-state index contributed by atoms with van der Waals surface area (Å²) in [4.78, 5) is 0. The number of rotatable bonds is 4. The Morgan fingerprint density at radius 2 is 1.65 bits per heavy atom. The lowest BCUT2D eigenvalue weighted by Gasteiger charge is -2.12. The highest BCUT2D eigenvalue weighted by Crippen LogP contribution is 2.37. The Balaban J connectivity index is 2.37. The van der Waals surface area contributed by atoms with Crippen LogP contribution in [0.1, 0.15) is 5.56 Å². The molecule has 2 N–H and O–H groups in total. The van der Waals surface area contributed by atoms with Gasteiger partial charge in [-0.25, -0.2) is 4.39 Å². The van der Waals surface area contributed by atoms with Crippen molar-refractivity contribution in [2.45, 2.75) is 6.42 Å². The first kappa shape index (κ1) is 15.4. The van der Waals surface area contributed by atoms with E-state index < -0.39 is 0 Å². The number of benzene rings is 2. The van der Waals surface area contributed by atoms with Gasteiger partial charge in [0.2, 0.25) is 0 Å². The normalized spacial score (nSPS) is 10.7. The van der Waals surface area contributed by atoms with Gasteiger partial charge >= 0.3 is 0 Å². The average molecular weight is 335 g/mol. The summed E-state index contributed by atoms with van der Waals surface area (Å²) in [5, 5.41) is 0.987. The standard InChI is InChI=1S/C14H11Cl3FNO/c15-10-6-12(17)14(7-11(10)16)20-13-2-1-9(18)5-8(13)3-4-19/h1-2,5-7H,3-4,19H2. The van der Waals surface area contributed by atoms with E-state index in [-0.39, 0.29) is 5.82 Å². The van der Waals surface area contributed by atoms with Gasteiger partial charge in [-0.15, -0.1) is 0 Å². The lowest BCUT2D eigenvalue weighted by atomic mass is 10.1. The molecule has 0 heterocycles. The van der Waals surface area contributed by atoms with Crippen LogP contribution in [0.5, 0.6) is 11.5 Å². The van der Waals surface area contributed by atoms with Crippen LogP contribution in [0.2, 0.25) is 15.1 Å². The molecule has 0 aliphatic carbocycles. The number of hydrogen-bond donors (Lipinski definition) is 1. The van der Waals surface area contributed by atoms with E-state index in [1.807, 2.05) is 0 Å². The van der Waals surface area contributed by atoms with Crippen LogP contribution >= 0.6 is 34.8 Å². The van der Waals surface area contributed by atoms with Crippen molar-refractivity contribution in [2.75, 3.05) is 6.54 Å². The Kier molecular flexibility index (Phi) is 5.11. The molecule has 0 bridgehead atoms. The van der Waals surface area contributed by atoms with Crippen molar-refractivity contribution in [3.05, 3.63) is 56.8 Å². The van der Waals surface area contributed by atoms with E-state index in [9.17, 15) is 4.39 Å². The highest BCUT2D eigenvalue weighted by atomic mass is 35.5. The van der Waals surface area contributed by atoms with Crippen LogP contribution in [0, 0.1) is 5.82 Å². The van der Waals surface area contributed by atoms with Gasteiger partial charge in [0.15, 0.2) is 0 Å². The molecule has 0 atom stereocenters. The quantitative estimate of drug-likeness (QED) is 0.791. The van der Waals surface area contributed by atoms with Crippen LogP contribution in [0.15, 0.2) is 30.3 Å². The summed E-state index contributed by atoms with van der Waals surface area (Å²) < 4.78 is 18.9. The molecule has 6 heteroatoms. The average Bonchev–Trinajstić information content (AvgIpc) is 2.39. The molecule has 0 unspecified atom stereocenters. The Hall–Kier alpha value is -1.000. The molecule has 2 aromatic rings.